The molecule has 3 rings (SSSR count). The van der Waals surface area contributed by atoms with E-state index in [9.17, 15) is 4.57 Å². The molecule has 3 atom stereocenters. The molecule has 1 aliphatic carbocycles. The van der Waals surface area contributed by atoms with Gasteiger partial charge >= 0.3 is 7.80 Å². The molecule has 0 spiro atoms. The SMILES string of the molecule is C[C@H](C1C=CC=C1[P+](=O)C(C)(C)C)P(c1ccccc1)c1ccccc1. The third kappa shape index (κ3) is 4.06. The molecule has 2 unspecified atom stereocenters. The Bertz CT molecular complexity index is 777. The van der Waals surface area contributed by atoms with Crippen LogP contribution in [-0.2, 0) is 4.57 Å². The second kappa shape index (κ2) is 7.99. The lowest BCUT2D eigenvalue weighted by Gasteiger charge is -2.29. The summed E-state index contributed by atoms with van der Waals surface area (Å²) in [6.45, 7) is 8.54. The van der Waals surface area contributed by atoms with Crippen molar-refractivity contribution in [1.82, 2.24) is 0 Å². The summed E-state index contributed by atoms with van der Waals surface area (Å²) in [6.07, 6.45) is 6.44. The molecule has 134 valence electrons. The summed E-state index contributed by atoms with van der Waals surface area (Å²) >= 11 is 0. The molecule has 0 N–H and O–H groups in total. The van der Waals surface area contributed by atoms with Crippen molar-refractivity contribution in [3.05, 3.63) is 84.2 Å². The highest BCUT2D eigenvalue weighted by molar-refractivity contribution is 7.73. The van der Waals surface area contributed by atoms with Crippen molar-refractivity contribution in [1.29, 1.82) is 0 Å². The molecule has 0 fully saturated rings. The van der Waals surface area contributed by atoms with Crippen LogP contribution in [0.3, 0.4) is 0 Å². The van der Waals surface area contributed by atoms with Gasteiger partial charge in [0.15, 0.2) is 10.5 Å². The first-order valence-electron chi connectivity index (χ1n) is 9.14. The Morgan fingerprint density at radius 1 is 0.923 bits per heavy atom. The molecule has 1 nitrogen and oxygen atoms in total. The molecule has 26 heavy (non-hydrogen) atoms. The van der Waals surface area contributed by atoms with Crippen LogP contribution in [0.1, 0.15) is 27.7 Å². The van der Waals surface area contributed by atoms with Crippen LogP contribution in [-0.4, -0.2) is 10.8 Å². The average molecular weight is 381 g/mol. The molecular weight excluding hydrogens is 354 g/mol. The Morgan fingerprint density at radius 3 is 1.88 bits per heavy atom. The summed E-state index contributed by atoms with van der Waals surface area (Å²) in [5, 5.41) is 3.67. The smallest absolute Gasteiger partial charge is 0.0723 e. The predicted octanol–water partition coefficient (Wildman–Crippen LogP) is 6.20. The van der Waals surface area contributed by atoms with E-state index in [1.165, 1.54) is 10.6 Å². The zero-order valence-corrected chi connectivity index (χ0v) is 17.8. The standard InChI is InChI=1S/C23H27OP2/c1-18(21-16-11-17-22(21)26(24)23(2,3)4)25(19-12-7-5-8-13-19)20-14-9-6-10-15-20/h5-18,21H,1-4H3/q+1/t18-,21?/m1/s1. The van der Waals surface area contributed by atoms with Gasteiger partial charge in [-0.3, -0.25) is 0 Å². The molecule has 0 radical (unpaired) electrons. The second-order valence-electron chi connectivity index (χ2n) is 7.75. The first-order chi connectivity index (χ1) is 12.4. The van der Waals surface area contributed by atoms with E-state index in [2.05, 4.69) is 107 Å². The number of allylic oxidation sites excluding steroid dienone is 4. The lowest BCUT2D eigenvalue weighted by molar-refractivity contribution is 0.565. The minimum absolute atomic E-state index is 0.201. The molecule has 0 aliphatic heterocycles. The number of benzene rings is 2. The van der Waals surface area contributed by atoms with Crippen molar-refractivity contribution in [2.24, 2.45) is 5.92 Å². The van der Waals surface area contributed by atoms with Crippen LogP contribution < -0.4 is 10.6 Å². The van der Waals surface area contributed by atoms with Gasteiger partial charge in [-0.15, -0.1) is 0 Å². The van der Waals surface area contributed by atoms with Crippen LogP contribution in [0.15, 0.2) is 84.2 Å². The normalized spacial score (nSPS) is 18.7. The van der Waals surface area contributed by atoms with E-state index in [0.29, 0.717) is 5.66 Å². The Morgan fingerprint density at radius 2 is 1.42 bits per heavy atom. The van der Waals surface area contributed by atoms with Crippen LogP contribution in [0.2, 0.25) is 0 Å². The van der Waals surface area contributed by atoms with Gasteiger partial charge in [-0.25, -0.2) is 0 Å². The number of hydrogen-bond acceptors (Lipinski definition) is 1. The molecule has 0 amide bonds. The first-order valence-corrected chi connectivity index (χ1v) is 11.8. The summed E-state index contributed by atoms with van der Waals surface area (Å²) in [7, 11) is -1.93. The van der Waals surface area contributed by atoms with Crippen molar-refractivity contribution in [2.45, 2.75) is 38.5 Å². The zero-order valence-electron chi connectivity index (χ0n) is 16.0. The lowest BCUT2D eigenvalue weighted by atomic mass is 10.1. The maximum absolute atomic E-state index is 13.1. The molecule has 0 heterocycles. The van der Waals surface area contributed by atoms with Gasteiger partial charge in [-0.1, -0.05) is 84.3 Å². The summed E-state index contributed by atoms with van der Waals surface area (Å²) in [5.74, 6) is 0.240. The van der Waals surface area contributed by atoms with Gasteiger partial charge in [0.05, 0.1) is 5.92 Å². The fraction of sp³-hybridized carbons (Fsp3) is 0.304. The molecule has 0 saturated heterocycles. The lowest BCUT2D eigenvalue weighted by Crippen LogP contribution is -2.26. The fourth-order valence-corrected chi connectivity index (χ4v) is 7.94. The third-order valence-corrected chi connectivity index (χ3v) is 9.75. The Labute approximate surface area is 159 Å². The minimum Gasteiger partial charge on any atom is -0.0723 e. The van der Waals surface area contributed by atoms with Crippen LogP contribution in [0, 0.1) is 5.92 Å². The van der Waals surface area contributed by atoms with E-state index in [4.69, 9.17) is 0 Å². The Balaban J connectivity index is 1.99. The molecule has 3 heteroatoms. The Kier molecular flexibility index (Phi) is 5.91. The number of hydrogen-bond donors (Lipinski definition) is 0. The van der Waals surface area contributed by atoms with Crippen molar-refractivity contribution in [3.63, 3.8) is 0 Å². The molecule has 0 bridgehead atoms. The van der Waals surface area contributed by atoms with Crippen LogP contribution in [0.5, 0.6) is 0 Å². The third-order valence-electron chi connectivity index (χ3n) is 4.77. The van der Waals surface area contributed by atoms with Crippen molar-refractivity contribution in [2.75, 3.05) is 0 Å². The molecular formula is C23H27OP2+. The van der Waals surface area contributed by atoms with E-state index >= 15 is 0 Å². The predicted molar refractivity (Wildman–Crippen MR) is 117 cm³/mol. The zero-order chi connectivity index (χ0) is 18.7. The van der Waals surface area contributed by atoms with E-state index in [-0.39, 0.29) is 11.1 Å². The van der Waals surface area contributed by atoms with Gasteiger partial charge in [0.2, 0.25) is 0 Å². The summed E-state index contributed by atoms with van der Waals surface area (Å²) in [5.41, 5.74) is 0.390. The molecule has 0 aromatic heterocycles. The van der Waals surface area contributed by atoms with E-state index < -0.39 is 15.7 Å². The highest BCUT2D eigenvalue weighted by atomic mass is 31.1. The highest BCUT2D eigenvalue weighted by Crippen LogP contribution is 2.55. The summed E-state index contributed by atoms with van der Waals surface area (Å²) in [6, 6.07) is 21.6. The van der Waals surface area contributed by atoms with Crippen LogP contribution in [0.25, 0.3) is 0 Å². The monoisotopic (exact) mass is 381 g/mol. The highest BCUT2D eigenvalue weighted by Gasteiger charge is 2.45. The van der Waals surface area contributed by atoms with E-state index in [0.717, 1.165) is 5.31 Å². The van der Waals surface area contributed by atoms with E-state index in [1.807, 2.05) is 0 Å². The van der Waals surface area contributed by atoms with Crippen molar-refractivity contribution < 1.29 is 4.57 Å². The van der Waals surface area contributed by atoms with Crippen LogP contribution >= 0.6 is 15.7 Å². The average Bonchev–Trinajstić information content (AvgIpc) is 3.12. The van der Waals surface area contributed by atoms with E-state index in [1.54, 1.807) is 0 Å². The molecule has 2 aromatic rings. The quantitative estimate of drug-likeness (QED) is 0.563. The minimum atomic E-state index is -1.40. The Hall–Kier alpha value is -1.55. The van der Waals surface area contributed by atoms with Gasteiger partial charge in [0.25, 0.3) is 0 Å². The fourth-order valence-electron chi connectivity index (χ4n) is 3.44. The molecule has 1 aliphatic rings. The largest absolute Gasteiger partial charge is 0.378 e. The maximum atomic E-state index is 13.1. The van der Waals surface area contributed by atoms with Gasteiger partial charge in [0.1, 0.15) is 0 Å². The summed E-state index contributed by atoms with van der Waals surface area (Å²) < 4.78 is 13.1. The van der Waals surface area contributed by atoms with Crippen molar-refractivity contribution in [3.8, 4) is 0 Å². The maximum Gasteiger partial charge on any atom is 0.378 e. The van der Waals surface area contributed by atoms with Gasteiger partial charge in [-0.2, -0.15) is 0 Å². The first kappa shape index (κ1) is 19.2. The van der Waals surface area contributed by atoms with Crippen LogP contribution in [0.4, 0.5) is 0 Å². The van der Waals surface area contributed by atoms with Gasteiger partial charge in [0, 0.05) is 0 Å². The topological polar surface area (TPSA) is 17.1 Å². The van der Waals surface area contributed by atoms with Crippen molar-refractivity contribution >= 4 is 26.3 Å². The second-order valence-corrected chi connectivity index (χ2v) is 12.8. The summed E-state index contributed by atoms with van der Waals surface area (Å²) in [4.78, 5) is 0. The van der Waals surface area contributed by atoms with Gasteiger partial charge in [-0.05, 0) is 51.0 Å². The molecule has 2 aromatic carbocycles. The van der Waals surface area contributed by atoms with Gasteiger partial charge < -0.3 is 0 Å². The number of rotatable bonds is 5. The molecule has 0 saturated carbocycles.